The van der Waals surface area contributed by atoms with Gasteiger partial charge in [0, 0.05) is 54.9 Å². The minimum absolute atomic E-state index is 0.148. The summed E-state index contributed by atoms with van der Waals surface area (Å²) in [5.74, 6) is 2.89. The SMILES string of the molecule is COc1cccc(N2CCN([C@H](c3cc4cc5c(cc4[nH]c3=O)OCO5)c3nnnn3C3CCCCC3)CC2)c1. The Balaban J connectivity index is 1.26. The van der Waals surface area contributed by atoms with E-state index in [9.17, 15) is 4.79 Å². The van der Waals surface area contributed by atoms with Crippen molar-refractivity contribution in [3.63, 3.8) is 0 Å². The molecule has 1 saturated carbocycles. The highest BCUT2D eigenvalue weighted by Crippen LogP contribution is 2.37. The molecule has 2 fully saturated rings. The number of aromatic nitrogens is 5. The van der Waals surface area contributed by atoms with Crippen molar-refractivity contribution < 1.29 is 14.2 Å². The first-order valence-corrected chi connectivity index (χ1v) is 14.1. The van der Waals surface area contributed by atoms with Gasteiger partial charge in [0.1, 0.15) is 11.8 Å². The first-order chi connectivity index (χ1) is 19.7. The van der Waals surface area contributed by atoms with Gasteiger partial charge in [0.25, 0.3) is 5.56 Å². The normalized spacial score (nSPS) is 18.8. The average Bonchev–Trinajstić information content (AvgIpc) is 3.67. The molecule has 4 aromatic rings. The lowest BCUT2D eigenvalue weighted by molar-refractivity contribution is 0.174. The number of tetrazole rings is 1. The van der Waals surface area contributed by atoms with Gasteiger partial charge in [-0.3, -0.25) is 9.69 Å². The zero-order valence-electron chi connectivity index (χ0n) is 22.6. The predicted octanol–water partition coefficient (Wildman–Crippen LogP) is 3.67. The van der Waals surface area contributed by atoms with E-state index in [2.05, 4.69) is 42.4 Å². The molecule has 1 saturated heterocycles. The maximum absolute atomic E-state index is 13.7. The zero-order chi connectivity index (χ0) is 27.1. The predicted molar refractivity (Wildman–Crippen MR) is 149 cm³/mol. The van der Waals surface area contributed by atoms with Crippen molar-refractivity contribution in [3.8, 4) is 17.2 Å². The van der Waals surface area contributed by atoms with Crippen LogP contribution in [0.2, 0.25) is 0 Å². The monoisotopic (exact) mass is 543 g/mol. The molecule has 1 N–H and O–H groups in total. The van der Waals surface area contributed by atoms with Crippen LogP contribution in [0.25, 0.3) is 10.9 Å². The van der Waals surface area contributed by atoms with Gasteiger partial charge in [-0.2, -0.15) is 0 Å². The van der Waals surface area contributed by atoms with Gasteiger partial charge in [-0.15, -0.1) is 5.10 Å². The number of hydrogen-bond donors (Lipinski definition) is 1. The molecule has 40 heavy (non-hydrogen) atoms. The van der Waals surface area contributed by atoms with Gasteiger partial charge in [-0.1, -0.05) is 25.3 Å². The van der Waals surface area contributed by atoms with Gasteiger partial charge in [0.05, 0.1) is 18.7 Å². The third kappa shape index (κ3) is 4.53. The molecule has 0 unspecified atom stereocenters. The number of H-pyrrole nitrogens is 1. The smallest absolute Gasteiger partial charge is 0.253 e. The average molecular weight is 544 g/mol. The summed E-state index contributed by atoms with van der Waals surface area (Å²) in [4.78, 5) is 21.5. The van der Waals surface area contributed by atoms with E-state index in [0.29, 0.717) is 22.6 Å². The Hall–Kier alpha value is -4.12. The molecule has 7 rings (SSSR count). The quantitative estimate of drug-likeness (QED) is 0.389. The molecular formula is C29H33N7O4. The minimum Gasteiger partial charge on any atom is -0.497 e. The Morgan fingerprint density at radius 3 is 2.60 bits per heavy atom. The van der Waals surface area contributed by atoms with Gasteiger partial charge in [-0.05, 0) is 47.5 Å². The number of nitrogens with zero attached hydrogens (tertiary/aromatic N) is 6. The van der Waals surface area contributed by atoms with Crippen LogP contribution in [0.1, 0.15) is 55.6 Å². The number of benzene rings is 2. The van der Waals surface area contributed by atoms with Crippen molar-refractivity contribution in [1.82, 2.24) is 30.1 Å². The number of anilines is 1. The highest BCUT2D eigenvalue weighted by atomic mass is 16.7. The summed E-state index contributed by atoms with van der Waals surface area (Å²) in [5, 5.41) is 14.0. The third-order valence-corrected chi connectivity index (χ3v) is 8.44. The third-order valence-electron chi connectivity index (χ3n) is 8.44. The molecule has 1 atom stereocenters. The van der Waals surface area contributed by atoms with Crippen LogP contribution in [0, 0.1) is 0 Å². The Kier molecular flexibility index (Phi) is 6.51. The summed E-state index contributed by atoms with van der Waals surface area (Å²) in [5.41, 5.74) is 2.33. The molecule has 4 heterocycles. The maximum atomic E-state index is 13.7. The standard InChI is InChI=1S/C29H33N7O4/c1-38-22-9-5-8-21(16-22)34-10-12-35(13-11-34)27(28-31-32-33-36(28)20-6-3-2-4-7-20)23-14-19-15-25-26(40-18-39-25)17-24(19)30-29(23)37/h5,8-9,14-17,20,27H,2-4,6-7,10-13,18H2,1H3,(H,30,37)/t27-/m1/s1. The Morgan fingerprint density at radius 2 is 1.80 bits per heavy atom. The van der Waals surface area contributed by atoms with Crippen LogP contribution in [0.4, 0.5) is 5.69 Å². The number of fused-ring (bicyclic) bond motifs is 2. The van der Waals surface area contributed by atoms with E-state index in [0.717, 1.165) is 74.5 Å². The molecule has 0 radical (unpaired) electrons. The first-order valence-electron chi connectivity index (χ1n) is 14.1. The van der Waals surface area contributed by atoms with E-state index in [1.807, 2.05) is 35.0 Å². The number of aromatic amines is 1. The fourth-order valence-corrected chi connectivity index (χ4v) is 6.33. The number of hydrogen-bond acceptors (Lipinski definition) is 9. The van der Waals surface area contributed by atoms with Crippen molar-refractivity contribution >= 4 is 16.6 Å². The number of rotatable bonds is 6. The number of methoxy groups -OCH3 is 1. The lowest BCUT2D eigenvalue weighted by Crippen LogP contribution is -2.49. The van der Waals surface area contributed by atoms with Crippen LogP contribution in [0.15, 0.2) is 47.3 Å². The highest BCUT2D eigenvalue weighted by molar-refractivity contribution is 5.83. The molecular weight excluding hydrogens is 510 g/mol. The summed E-state index contributed by atoms with van der Waals surface area (Å²) in [7, 11) is 1.69. The van der Waals surface area contributed by atoms with Crippen molar-refractivity contribution in [2.24, 2.45) is 0 Å². The number of nitrogens with one attached hydrogen (secondary N) is 1. The topological polar surface area (TPSA) is 111 Å². The Morgan fingerprint density at radius 1 is 1.00 bits per heavy atom. The Bertz CT molecular complexity index is 1570. The van der Waals surface area contributed by atoms with Crippen LogP contribution >= 0.6 is 0 Å². The summed E-state index contributed by atoms with van der Waals surface area (Å²) < 4.78 is 18.6. The summed E-state index contributed by atoms with van der Waals surface area (Å²) in [6.07, 6.45) is 5.66. The zero-order valence-corrected chi connectivity index (χ0v) is 22.6. The number of ether oxygens (including phenoxy) is 3. The van der Waals surface area contributed by atoms with E-state index >= 15 is 0 Å². The Labute approximate surface area is 231 Å². The molecule has 1 aliphatic carbocycles. The van der Waals surface area contributed by atoms with E-state index in [4.69, 9.17) is 14.2 Å². The number of piperazine rings is 1. The van der Waals surface area contributed by atoms with E-state index < -0.39 is 0 Å². The molecule has 0 amide bonds. The maximum Gasteiger partial charge on any atom is 0.253 e. The second kappa shape index (κ2) is 10.5. The molecule has 0 bridgehead atoms. The molecule has 0 spiro atoms. The van der Waals surface area contributed by atoms with Crippen molar-refractivity contribution in [2.45, 2.75) is 44.2 Å². The lowest BCUT2D eigenvalue weighted by Gasteiger charge is -2.40. The highest BCUT2D eigenvalue weighted by Gasteiger charge is 2.34. The molecule has 208 valence electrons. The van der Waals surface area contributed by atoms with Crippen LogP contribution in [0.5, 0.6) is 17.2 Å². The van der Waals surface area contributed by atoms with Crippen molar-refractivity contribution in [3.05, 3.63) is 64.2 Å². The second-order valence-electron chi connectivity index (χ2n) is 10.7. The van der Waals surface area contributed by atoms with E-state index in [1.54, 1.807) is 7.11 Å². The number of pyridine rings is 1. The van der Waals surface area contributed by atoms with Crippen LogP contribution in [0.3, 0.4) is 0 Å². The van der Waals surface area contributed by atoms with Crippen molar-refractivity contribution in [1.29, 1.82) is 0 Å². The molecule has 2 aliphatic heterocycles. The van der Waals surface area contributed by atoms with Crippen LogP contribution in [-0.2, 0) is 0 Å². The van der Waals surface area contributed by atoms with Crippen LogP contribution in [-0.4, -0.2) is 70.2 Å². The summed E-state index contributed by atoms with van der Waals surface area (Å²) >= 11 is 0. The summed E-state index contributed by atoms with van der Waals surface area (Å²) in [6.45, 7) is 3.28. The molecule has 3 aliphatic rings. The fourth-order valence-electron chi connectivity index (χ4n) is 6.33. The van der Waals surface area contributed by atoms with Crippen molar-refractivity contribution in [2.75, 3.05) is 45.0 Å². The lowest BCUT2D eigenvalue weighted by atomic mass is 9.95. The summed E-state index contributed by atoms with van der Waals surface area (Å²) in [6, 6.07) is 13.7. The van der Waals surface area contributed by atoms with Gasteiger partial charge in [0.15, 0.2) is 17.3 Å². The minimum atomic E-state index is -0.386. The molecule has 11 nitrogen and oxygen atoms in total. The van der Waals surface area contributed by atoms with E-state index in [-0.39, 0.29) is 24.4 Å². The van der Waals surface area contributed by atoms with Gasteiger partial charge >= 0.3 is 0 Å². The van der Waals surface area contributed by atoms with Gasteiger partial charge in [0.2, 0.25) is 6.79 Å². The van der Waals surface area contributed by atoms with Gasteiger partial charge < -0.3 is 24.1 Å². The largest absolute Gasteiger partial charge is 0.497 e. The van der Waals surface area contributed by atoms with E-state index in [1.165, 1.54) is 6.42 Å². The fraction of sp³-hybridized carbons (Fsp3) is 0.448. The molecule has 11 heteroatoms. The van der Waals surface area contributed by atoms with Crippen LogP contribution < -0.4 is 24.7 Å². The second-order valence-corrected chi connectivity index (χ2v) is 10.7. The first kappa shape index (κ1) is 24.9. The van der Waals surface area contributed by atoms with Gasteiger partial charge in [-0.25, -0.2) is 4.68 Å². The molecule has 2 aromatic heterocycles. The molecule has 2 aromatic carbocycles.